The third-order valence-corrected chi connectivity index (χ3v) is 8.66. The Balaban J connectivity index is 1.90. The van der Waals surface area contributed by atoms with E-state index >= 15 is 0 Å². The van der Waals surface area contributed by atoms with Gasteiger partial charge in [0, 0.05) is 5.92 Å². The first-order valence-electron chi connectivity index (χ1n) is 9.54. The van der Waals surface area contributed by atoms with E-state index in [1.807, 2.05) is 6.92 Å². The predicted octanol–water partition coefficient (Wildman–Crippen LogP) is 1.13. The van der Waals surface area contributed by atoms with Crippen molar-refractivity contribution in [3.63, 3.8) is 0 Å². The summed E-state index contributed by atoms with van der Waals surface area (Å²) in [5.41, 5.74) is -2.69. The van der Waals surface area contributed by atoms with Gasteiger partial charge in [-0.15, -0.1) is 0 Å². The van der Waals surface area contributed by atoms with Crippen molar-refractivity contribution in [1.29, 1.82) is 0 Å². The first-order chi connectivity index (χ1) is 12.0. The molecule has 4 saturated carbocycles. The summed E-state index contributed by atoms with van der Waals surface area (Å²) >= 11 is 0. The number of hydrogen-bond donors (Lipinski definition) is 4. The fraction of sp³-hybridized carbons (Fsp3) is 0.800. The Labute approximate surface area is 152 Å². The van der Waals surface area contributed by atoms with E-state index in [1.165, 1.54) is 0 Å². The van der Waals surface area contributed by atoms with Gasteiger partial charge in [0.25, 0.3) is 0 Å². The van der Waals surface area contributed by atoms with E-state index < -0.39 is 52.4 Å². The number of fused-ring (bicyclic) bond motifs is 3. The van der Waals surface area contributed by atoms with Crippen molar-refractivity contribution in [2.24, 2.45) is 34.0 Å². The number of hydrogen-bond acceptors (Lipinski definition) is 5. The van der Waals surface area contributed by atoms with Gasteiger partial charge >= 0.3 is 5.97 Å². The van der Waals surface area contributed by atoms with Crippen LogP contribution in [0.5, 0.6) is 0 Å². The van der Waals surface area contributed by atoms with Gasteiger partial charge in [-0.25, -0.2) is 0 Å². The number of aliphatic hydroxyl groups excluding tert-OH is 3. The van der Waals surface area contributed by atoms with Gasteiger partial charge < -0.3 is 20.4 Å². The van der Waals surface area contributed by atoms with Crippen LogP contribution in [-0.2, 0) is 9.59 Å². The van der Waals surface area contributed by atoms with E-state index in [1.54, 1.807) is 6.92 Å². The monoisotopic (exact) mass is 364 g/mol. The van der Waals surface area contributed by atoms with Crippen LogP contribution >= 0.6 is 0 Å². The normalized spacial score (nSPS) is 56.0. The van der Waals surface area contributed by atoms with Crippen molar-refractivity contribution in [3.8, 4) is 0 Å². The Bertz CT molecular complexity index is 702. The lowest BCUT2D eigenvalue weighted by molar-refractivity contribution is -0.240. The van der Waals surface area contributed by atoms with E-state index in [0.717, 1.165) is 6.42 Å². The van der Waals surface area contributed by atoms with Crippen LogP contribution in [0.15, 0.2) is 12.2 Å². The van der Waals surface area contributed by atoms with Crippen LogP contribution in [0.25, 0.3) is 0 Å². The summed E-state index contributed by atoms with van der Waals surface area (Å²) in [6, 6.07) is 0. The summed E-state index contributed by atoms with van der Waals surface area (Å²) in [5.74, 6) is -2.73. The van der Waals surface area contributed by atoms with E-state index in [2.05, 4.69) is 6.58 Å². The van der Waals surface area contributed by atoms with Crippen LogP contribution in [0.3, 0.4) is 0 Å². The molecule has 9 atom stereocenters. The molecule has 0 aromatic rings. The SMILES string of the molecule is C=C1C(=O)[C@@]23[C@H](O)C[C@H]4[C@@](C)(CCC[C@]4(C)C(=O)O)[C@@H]2C[C@H](O)[C@@H]1[C@H]3O. The van der Waals surface area contributed by atoms with Crippen LogP contribution in [0.1, 0.15) is 46.0 Å². The average molecular weight is 364 g/mol. The quantitative estimate of drug-likeness (QED) is 0.519. The van der Waals surface area contributed by atoms with Gasteiger partial charge in [0.1, 0.15) is 0 Å². The highest BCUT2D eigenvalue weighted by Gasteiger charge is 2.76. The average Bonchev–Trinajstić information content (AvgIpc) is 2.69. The summed E-state index contributed by atoms with van der Waals surface area (Å²) in [4.78, 5) is 25.3. The third-order valence-electron chi connectivity index (χ3n) is 8.66. The number of aliphatic hydroxyl groups is 3. The summed E-state index contributed by atoms with van der Waals surface area (Å²) < 4.78 is 0. The van der Waals surface area contributed by atoms with E-state index in [0.29, 0.717) is 12.8 Å². The van der Waals surface area contributed by atoms with Crippen molar-refractivity contribution >= 4 is 11.8 Å². The van der Waals surface area contributed by atoms with Gasteiger partial charge in [-0.1, -0.05) is 19.9 Å². The molecule has 1 spiro atoms. The second-order valence-corrected chi connectivity index (χ2v) is 9.50. The molecule has 6 heteroatoms. The van der Waals surface area contributed by atoms with Crippen molar-refractivity contribution in [2.45, 2.75) is 64.3 Å². The molecule has 0 aliphatic heterocycles. The van der Waals surface area contributed by atoms with Gasteiger partial charge in [-0.05, 0) is 55.4 Å². The fourth-order valence-electron chi connectivity index (χ4n) is 7.37. The lowest BCUT2D eigenvalue weighted by Crippen LogP contribution is -2.69. The number of aliphatic carboxylic acids is 1. The standard InChI is InChI=1S/C20H28O6/c1-9-14-10(21)7-12-18(2)5-4-6-19(3,17(25)26)11(18)8-13(22)20(12,15(9)23)16(14)24/h10-14,16,21-22,24H,1,4-8H2,2-3H3,(H,25,26)/t10-,11-,12-,13+,14+,16+,18+,19-,20-/m0/s1. The molecule has 0 aromatic carbocycles. The molecule has 4 aliphatic carbocycles. The van der Waals surface area contributed by atoms with Crippen molar-refractivity contribution in [3.05, 3.63) is 12.2 Å². The summed E-state index contributed by atoms with van der Waals surface area (Å²) in [6.45, 7) is 7.53. The first-order valence-corrected chi connectivity index (χ1v) is 9.54. The zero-order valence-electron chi connectivity index (χ0n) is 15.3. The molecule has 2 bridgehead atoms. The Hall–Kier alpha value is -1.24. The second-order valence-electron chi connectivity index (χ2n) is 9.50. The minimum atomic E-state index is -1.36. The van der Waals surface area contributed by atoms with Crippen molar-refractivity contribution in [1.82, 2.24) is 0 Å². The van der Waals surface area contributed by atoms with Gasteiger partial charge in [-0.3, -0.25) is 9.59 Å². The van der Waals surface area contributed by atoms with Gasteiger partial charge in [0.2, 0.25) is 0 Å². The molecule has 144 valence electrons. The van der Waals surface area contributed by atoms with Crippen molar-refractivity contribution < 1.29 is 30.0 Å². The Morgan fingerprint density at radius 3 is 2.38 bits per heavy atom. The molecular weight excluding hydrogens is 336 g/mol. The molecule has 0 radical (unpaired) electrons. The smallest absolute Gasteiger partial charge is 0.309 e. The molecular formula is C20H28O6. The number of ketones is 1. The topological polar surface area (TPSA) is 115 Å². The van der Waals surface area contributed by atoms with Crippen molar-refractivity contribution in [2.75, 3.05) is 0 Å². The summed E-state index contributed by atoms with van der Waals surface area (Å²) in [5, 5.41) is 42.6. The molecule has 4 rings (SSSR count). The molecule has 0 unspecified atom stereocenters. The highest BCUT2D eigenvalue weighted by molar-refractivity contribution is 6.04. The molecule has 0 heterocycles. The lowest BCUT2D eigenvalue weighted by atomic mass is 9.39. The Morgan fingerprint density at radius 2 is 1.77 bits per heavy atom. The molecule has 4 aliphatic rings. The number of Topliss-reactive ketones (excluding diaryl/α,β-unsaturated/α-hetero) is 1. The maximum absolute atomic E-state index is 13.2. The number of carboxylic acid groups (broad SMARTS) is 1. The Kier molecular flexibility index (Phi) is 3.61. The predicted molar refractivity (Wildman–Crippen MR) is 92.0 cm³/mol. The zero-order chi connectivity index (χ0) is 19.2. The second kappa shape index (κ2) is 5.18. The van der Waals surface area contributed by atoms with E-state index in [-0.39, 0.29) is 30.1 Å². The minimum absolute atomic E-state index is 0.175. The number of carbonyl (C=O) groups excluding carboxylic acids is 1. The van der Waals surface area contributed by atoms with E-state index in [9.17, 15) is 30.0 Å². The summed E-state index contributed by atoms with van der Waals surface area (Å²) in [7, 11) is 0. The number of carbonyl (C=O) groups is 2. The molecule has 4 N–H and O–H groups in total. The van der Waals surface area contributed by atoms with Crippen LogP contribution < -0.4 is 0 Å². The minimum Gasteiger partial charge on any atom is -0.481 e. The summed E-state index contributed by atoms with van der Waals surface area (Å²) in [6.07, 6.45) is -0.763. The molecule has 4 fully saturated rings. The number of rotatable bonds is 1. The van der Waals surface area contributed by atoms with Gasteiger partial charge in [-0.2, -0.15) is 0 Å². The molecule has 6 nitrogen and oxygen atoms in total. The molecule has 26 heavy (non-hydrogen) atoms. The lowest BCUT2D eigenvalue weighted by Gasteiger charge is -2.65. The number of carboxylic acids is 1. The maximum Gasteiger partial charge on any atom is 0.309 e. The van der Waals surface area contributed by atoms with Crippen LogP contribution in [-0.4, -0.2) is 50.5 Å². The highest BCUT2D eigenvalue weighted by atomic mass is 16.4. The largest absolute Gasteiger partial charge is 0.481 e. The first kappa shape index (κ1) is 18.1. The van der Waals surface area contributed by atoms with Crippen LogP contribution in [0.2, 0.25) is 0 Å². The van der Waals surface area contributed by atoms with Crippen LogP contribution in [0.4, 0.5) is 0 Å². The van der Waals surface area contributed by atoms with Gasteiger partial charge in [0.05, 0.1) is 29.1 Å². The third kappa shape index (κ3) is 1.74. The fourth-order valence-corrected chi connectivity index (χ4v) is 7.37. The zero-order valence-corrected chi connectivity index (χ0v) is 15.3. The van der Waals surface area contributed by atoms with Gasteiger partial charge in [0.15, 0.2) is 5.78 Å². The molecule has 0 amide bonds. The molecule has 0 saturated heterocycles. The highest BCUT2D eigenvalue weighted by Crippen LogP contribution is 2.71. The van der Waals surface area contributed by atoms with Crippen LogP contribution in [0, 0.1) is 34.0 Å². The van der Waals surface area contributed by atoms with E-state index in [4.69, 9.17) is 0 Å². The Morgan fingerprint density at radius 1 is 1.12 bits per heavy atom. The molecule has 0 aromatic heterocycles. The maximum atomic E-state index is 13.2.